The molecule has 2 heterocycles. The molecule has 3 unspecified atom stereocenters. The monoisotopic (exact) mass is 241 g/mol. The Balaban J connectivity index is 1.87. The minimum absolute atomic E-state index is 0.454. The molecular weight excluding hydrogens is 214 g/mol. The smallest absolute Gasteiger partial charge is 0.0628 e. The van der Waals surface area contributed by atoms with E-state index in [4.69, 9.17) is 4.74 Å². The molecule has 2 aliphatic rings. The van der Waals surface area contributed by atoms with Crippen molar-refractivity contribution < 1.29 is 4.74 Å². The largest absolute Gasteiger partial charge is 0.383 e. The molecule has 4 heteroatoms. The Kier molecular flexibility index (Phi) is 4.79. The van der Waals surface area contributed by atoms with E-state index in [0.717, 1.165) is 19.2 Å². The Labute approximate surface area is 105 Å². The average molecular weight is 241 g/mol. The lowest BCUT2D eigenvalue weighted by atomic mass is 10.1. The van der Waals surface area contributed by atoms with Gasteiger partial charge in [0.05, 0.1) is 6.61 Å². The molecule has 0 spiro atoms. The van der Waals surface area contributed by atoms with Crippen molar-refractivity contribution in [2.75, 3.05) is 46.9 Å². The van der Waals surface area contributed by atoms with Crippen molar-refractivity contribution in [3.63, 3.8) is 0 Å². The van der Waals surface area contributed by atoms with Crippen LogP contribution in [-0.4, -0.2) is 74.9 Å². The molecule has 0 aromatic carbocycles. The lowest BCUT2D eigenvalue weighted by Crippen LogP contribution is -2.57. The average Bonchev–Trinajstić information content (AvgIpc) is 2.75. The highest BCUT2D eigenvalue weighted by molar-refractivity contribution is 4.91. The van der Waals surface area contributed by atoms with Crippen LogP contribution in [-0.2, 0) is 4.74 Å². The summed E-state index contributed by atoms with van der Waals surface area (Å²) in [7, 11) is 3.81. The molecule has 0 bridgehead atoms. The molecule has 2 fully saturated rings. The number of ether oxygens (including phenoxy) is 1. The molecule has 3 atom stereocenters. The Morgan fingerprint density at radius 3 is 2.94 bits per heavy atom. The van der Waals surface area contributed by atoms with Crippen LogP contribution in [0, 0.1) is 0 Å². The molecule has 1 N–H and O–H groups in total. The van der Waals surface area contributed by atoms with Crippen molar-refractivity contribution in [2.24, 2.45) is 0 Å². The first kappa shape index (κ1) is 13.3. The maximum atomic E-state index is 5.26. The van der Waals surface area contributed by atoms with Gasteiger partial charge < -0.3 is 10.1 Å². The van der Waals surface area contributed by atoms with E-state index in [0.29, 0.717) is 12.1 Å². The third-order valence-electron chi connectivity index (χ3n) is 4.30. The number of hydrogen-bond donors (Lipinski definition) is 1. The molecule has 0 radical (unpaired) electrons. The SMILES string of the molecule is CNC(COC)CN1CC2CCCN2CC1C. The van der Waals surface area contributed by atoms with Gasteiger partial charge in [0.15, 0.2) is 0 Å². The molecule has 2 aliphatic heterocycles. The Morgan fingerprint density at radius 2 is 2.24 bits per heavy atom. The fourth-order valence-electron chi connectivity index (χ4n) is 3.21. The van der Waals surface area contributed by atoms with Gasteiger partial charge in [-0.1, -0.05) is 0 Å². The fraction of sp³-hybridized carbons (Fsp3) is 1.00. The van der Waals surface area contributed by atoms with Crippen LogP contribution in [0.3, 0.4) is 0 Å². The fourth-order valence-corrected chi connectivity index (χ4v) is 3.21. The first-order chi connectivity index (χ1) is 8.24. The Morgan fingerprint density at radius 1 is 1.41 bits per heavy atom. The number of methoxy groups -OCH3 is 1. The van der Waals surface area contributed by atoms with Gasteiger partial charge in [0.2, 0.25) is 0 Å². The van der Waals surface area contributed by atoms with E-state index in [1.807, 2.05) is 7.05 Å². The van der Waals surface area contributed by atoms with Gasteiger partial charge >= 0.3 is 0 Å². The molecule has 0 aliphatic carbocycles. The summed E-state index contributed by atoms with van der Waals surface area (Å²) in [4.78, 5) is 5.30. The van der Waals surface area contributed by atoms with Crippen molar-refractivity contribution in [1.29, 1.82) is 0 Å². The Bertz CT molecular complexity index is 237. The van der Waals surface area contributed by atoms with Crippen LogP contribution in [0.2, 0.25) is 0 Å². The normalized spacial score (nSPS) is 32.6. The quantitative estimate of drug-likeness (QED) is 0.753. The van der Waals surface area contributed by atoms with Crippen molar-refractivity contribution >= 4 is 0 Å². The van der Waals surface area contributed by atoms with E-state index in [-0.39, 0.29) is 0 Å². The summed E-state index contributed by atoms with van der Waals surface area (Å²) in [5, 5.41) is 3.35. The van der Waals surface area contributed by atoms with E-state index in [1.54, 1.807) is 7.11 Å². The number of nitrogens with one attached hydrogen (secondary N) is 1. The highest BCUT2D eigenvalue weighted by Crippen LogP contribution is 2.24. The molecule has 0 amide bonds. The molecular formula is C13H27N3O. The summed E-state index contributed by atoms with van der Waals surface area (Å²) < 4.78 is 5.26. The number of rotatable bonds is 5. The summed E-state index contributed by atoms with van der Waals surface area (Å²) in [6.07, 6.45) is 2.77. The topological polar surface area (TPSA) is 27.7 Å². The molecule has 4 nitrogen and oxygen atoms in total. The summed E-state index contributed by atoms with van der Waals surface area (Å²) in [5.41, 5.74) is 0. The number of piperazine rings is 1. The van der Waals surface area contributed by atoms with Crippen LogP contribution in [0.15, 0.2) is 0 Å². The van der Waals surface area contributed by atoms with Gasteiger partial charge in [-0.15, -0.1) is 0 Å². The van der Waals surface area contributed by atoms with Gasteiger partial charge in [-0.05, 0) is 33.4 Å². The predicted molar refractivity (Wildman–Crippen MR) is 70.4 cm³/mol. The minimum atomic E-state index is 0.454. The summed E-state index contributed by atoms with van der Waals surface area (Å²) in [6, 6.07) is 1.94. The van der Waals surface area contributed by atoms with Gasteiger partial charge in [0.25, 0.3) is 0 Å². The third kappa shape index (κ3) is 3.19. The van der Waals surface area contributed by atoms with Gasteiger partial charge in [-0.3, -0.25) is 9.80 Å². The third-order valence-corrected chi connectivity index (χ3v) is 4.30. The summed E-state index contributed by atoms with van der Waals surface area (Å²) >= 11 is 0. The molecule has 2 rings (SSSR count). The summed E-state index contributed by atoms with van der Waals surface area (Å²) in [6.45, 7) is 8.06. The van der Waals surface area contributed by atoms with Crippen LogP contribution in [0.1, 0.15) is 19.8 Å². The first-order valence-electron chi connectivity index (χ1n) is 6.89. The standard InChI is InChI=1S/C13H27N3O/c1-11-7-15-6-4-5-13(15)9-16(11)8-12(14-2)10-17-3/h11-14H,4-10H2,1-3H3. The van der Waals surface area contributed by atoms with E-state index in [2.05, 4.69) is 22.0 Å². The lowest BCUT2D eigenvalue weighted by Gasteiger charge is -2.43. The maximum Gasteiger partial charge on any atom is 0.0628 e. The maximum absolute atomic E-state index is 5.26. The number of likely N-dealkylation sites (N-methyl/N-ethyl adjacent to an activating group) is 1. The van der Waals surface area contributed by atoms with Gasteiger partial charge in [-0.25, -0.2) is 0 Å². The van der Waals surface area contributed by atoms with Crippen LogP contribution < -0.4 is 5.32 Å². The molecule has 2 saturated heterocycles. The van der Waals surface area contributed by atoms with Gasteiger partial charge in [0, 0.05) is 44.9 Å². The second-order valence-electron chi connectivity index (χ2n) is 5.53. The highest BCUT2D eigenvalue weighted by atomic mass is 16.5. The molecule has 0 saturated carbocycles. The van der Waals surface area contributed by atoms with Crippen molar-refractivity contribution in [3.05, 3.63) is 0 Å². The van der Waals surface area contributed by atoms with E-state index < -0.39 is 0 Å². The van der Waals surface area contributed by atoms with E-state index >= 15 is 0 Å². The minimum Gasteiger partial charge on any atom is -0.383 e. The van der Waals surface area contributed by atoms with Crippen LogP contribution >= 0.6 is 0 Å². The van der Waals surface area contributed by atoms with Gasteiger partial charge in [0.1, 0.15) is 0 Å². The first-order valence-corrected chi connectivity index (χ1v) is 6.89. The molecule has 17 heavy (non-hydrogen) atoms. The molecule has 100 valence electrons. The van der Waals surface area contributed by atoms with Crippen LogP contribution in [0.4, 0.5) is 0 Å². The molecule has 0 aromatic rings. The van der Waals surface area contributed by atoms with Crippen LogP contribution in [0.5, 0.6) is 0 Å². The number of nitrogens with zero attached hydrogens (tertiary/aromatic N) is 2. The zero-order chi connectivity index (χ0) is 12.3. The zero-order valence-corrected chi connectivity index (χ0v) is 11.5. The van der Waals surface area contributed by atoms with Crippen LogP contribution in [0.25, 0.3) is 0 Å². The Hall–Kier alpha value is -0.160. The number of hydrogen-bond acceptors (Lipinski definition) is 4. The highest BCUT2D eigenvalue weighted by Gasteiger charge is 2.34. The second kappa shape index (κ2) is 6.14. The second-order valence-corrected chi connectivity index (χ2v) is 5.53. The molecule has 0 aromatic heterocycles. The predicted octanol–water partition coefficient (Wildman–Crippen LogP) is 0.389. The van der Waals surface area contributed by atoms with E-state index in [9.17, 15) is 0 Å². The lowest BCUT2D eigenvalue weighted by molar-refractivity contribution is 0.0432. The van der Waals surface area contributed by atoms with E-state index in [1.165, 1.54) is 32.5 Å². The zero-order valence-electron chi connectivity index (χ0n) is 11.5. The van der Waals surface area contributed by atoms with Crippen molar-refractivity contribution in [2.45, 2.75) is 37.9 Å². The van der Waals surface area contributed by atoms with Crippen molar-refractivity contribution in [1.82, 2.24) is 15.1 Å². The summed E-state index contributed by atoms with van der Waals surface area (Å²) in [5.74, 6) is 0. The number of fused-ring (bicyclic) bond motifs is 1. The van der Waals surface area contributed by atoms with Crippen molar-refractivity contribution in [3.8, 4) is 0 Å². The van der Waals surface area contributed by atoms with Gasteiger partial charge in [-0.2, -0.15) is 0 Å².